The number of hydrogen-bond acceptors (Lipinski definition) is 3. The summed E-state index contributed by atoms with van der Waals surface area (Å²) < 4.78 is 4.53. The molecule has 5 heteroatoms. The number of nitrogens with one attached hydrogen (secondary N) is 2. The lowest BCUT2D eigenvalue weighted by Gasteiger charge is -2.03. The molecule has 0 radical (unpaired) electrons. The van der Waals surface area contributed by atoms with Crippen LogP contribution in [0.3, 0.4) is 0 Å². The molecule has 0 saturated carbocycles. The minimum atomic E-state index is -0.830. The molecule has 0 unspecified atom stereocenters. The Balaban J connectivity index is 2.20. The van der Waals surface area contributed by atoms with E-state index < -0.39 is 11.9 Å². The highest BCUT2D eigenvalue weighted by molar-refractivity contribution is 6.32. The fraction of sp³-hybridized carbons (Fsp3) is 0.400. The highest BCUT2D eigenvalue weighted by Gasteiger charge is 2.13. The number of carbonyl (C=O) groups excluding carboxylic acids is 2. The highest BCUT2D eigenvalue weighted by Crippen LogP contribution is 1.93. The molecule has 0 atom stereocenters. The number of hydrogen-bond donors (Lipinski definition) is 2. The average Bonchev–Trinajstić information content (AvgIpc) is 2.71. The molecule has 1 heterocycles. The Hall–Kier alpha value is -1.78. The minimum absolute atomic E-state index is 0.211. The number of carbonyl (C=O) groups is 2. The van der Waals surface area contributed by atoms with Crippen molar-refractivity contribution in [2.75, 3.05) is 13.2 Å². The van der Waals surface area contributed by atoms with Gasteiger partial charge in [0.25, 0.3) is 0 Å². The van der Waals surface area contributed by atoms with Gasteiger partial charge in [-0.15, -0.1) is 0 Å². The number of H-pyrrole nitrogens is 1. The van der Waals surface area contributed by atoms with Crippen LogP contribution in [0.25, 0.3) is 0 Å². The molecule has 82 valence electrons. The molecule has 0 saturated heterocycles. The van der Waals surface area contributed by atoms with Gasteiger partial charge in [0.15, 0.2) is 0 Å². The maximum atomic E-state index is 11.1. The topological polar surface area (TPSA) is 71.2 Å². The van der Waals surface area contributed by atoms with Gasteiger partial charge in [-0.1, -0.05) is 0 Å². The molecular weight excluding hydrogens is 196 g/mol. The van der Waals surface area contributed by atoms with Crippen molar-refractivity contribution in [1.29, 1.82) is 0 Å². The van der Waals surface area contributed by atoms with Crippen LogP contribution in [0.4, 0.5) is 0 Å². The van der Waals surface area contributed by atoms with Crippen LogP contribution in [-0.4, -0.2) is 30.0 Å². The standard InChI is InChI=1S/C10H14N2O3/c1-2-15-10(14)9(13)12-7-5-8-4-3-6-11-8/h3-4,6,11H,2,5,7H2,1H3,(H,12,13). The summed E-state index contributed by atoms with van der Waals surface area (Å²) in [6, 6.07) is 3.79. The first-order valence-electron chi connectivity index (χ1n) is 4.81. The molecule has 15 heavy (non-hydrogen) atoms. The number of aromatic nitrogens is 1. The predicted molar refractivity (Wildman–Crippen MR) is 54.1 cm³/mol. The van der Waals surface area contributed by atoms with Crippen LogP contribution in [0.15, 0.2) is 18.3 Å². The van der Waals surface area contributed by atoms with E-state index in [1.54, 1.807) is 6.92 Å². The van der Waals surface area contributed by atoms with E-state index in [4.69, 9.17) is 0 Å². The van der Waals surface area contributed by atoms with Gasteiger partial charge in [0, 0.05) is 24.9 Å². The monoisotopic (exact) mass is 210 g/mol. The zero-order chi connectivity index (χ0) is 11.1. The number of rotatable bonds is 4. The van der Waals surface area contributed by atoms with Crippen molar-refractivity contribution in [2.45, 2.75) is 13.3 Å². The van der Waals surface area contributed by atoms with Gasteiger partial charge in [-0.25, -0.2) is 4.79 Å². The zero-order valence-corrected chi connectivity index (χ0v) is 8.58. The third-order valence-electron chi connectivity index (χ3n) is 1.80. The first-order valence-corrected chi connectivity index (χ1v) is 4.81. The lowest BCUT2D eigenvalue weighted by atomic mass is 10.3. The first kappa shape index (κ1) is 11.3. The molecule has 0 bridgehead atoms. The summed E-state index contributed by atoms with van der Waals surface area (Å²) in [7, 11) is 0. The number of amides is 1. The molecule has 1 amide bonds. The second kappa shape index (κ2) is 5.85. The van der Waals surface area contributed by atoms with E-state index in [0.29, 0.717) is 13.0 Å². The van der Waals surface area contributed by atoms with Crippen LogP contribution < -0.4 is 5.32 Å². The largest absolute Gasteiger partial charge is 0.459 e. The van der Waals surface area contributed by atoms with Crippen molar-refractivity contribution in [1.82, 2.24) is 10.3 Å². The molecule has 0 aliphatic heterocycles. The van der Waals surface area contributed by atoms with E-state index in [9.17, 15) is 9.59 Å². The Labute approximate surface area is 87.8 Å². The fourth-order valence-electron chi connectivity index (χ4n) is 1.10. The fourth-order valence-corrected chi connectivity index (χ4v) is 1.10. The van der Waals surface area contributed by atoms with E-state index in [0.717, 1.165) is 5.69 Å². The van der Waals surface area contributed by atoms with Crippen molar-refractivity contribution in [3.8, 4) is 0 Å². The van der Waals surface area contributed by atoms with E-state index in [1.807, 2.05) is 18.3 Å². The third-order valence-corrected chi connectivity index (χ3v) is 1.80. The van der Waals surface area contributed by atoms with Gasteiger partial charge in [-0.2, -0.15) is 0 Å². The molecule has 0 aromatic carbocycles. The van der Waals surface area contributed by atoms with E-state index in [1.165, 1.54) is 0 Å². The van der Waals surface area contributed by atoms with Crippen LogP contribution in [0.2, 0.25) is 0 Å². The summed E-state index contributed by atoms with van der Waals surface area (Å²) in [4.78, 5) is 25.0. The highest BCUT2D eigenvalue weighted by atomic mass is 16.5. The average molecular weight is 210 g/mol. The van der Waals surface area contributed by atoms with Gasteiger partial charge in [0.1, 0.15) is 0 Å². The maximum absolute atomic E-state index is 11.1. The molecule has 2 N–H and O–H groups in total. The molecule has 0 aliphatic carbocycles. The summed E-state index contributed by atoms with van der Waals surface area (Å²) >= 11 is 0. The second-order valence-electron chi connectivity index (χ2n) is 2.92. The molecule has 1 rings (SSSR count). The molecule has 0 spiro atoms. The molecule has 5 nitrogen and oxygen atoms in total. The second-order valence-corrected chi connectivity index (χ2v) is 2.92. The molecular formula is C10H14N2O3. The first-order chi connectivity index (χ1) is 7.24. The Morgan fingerprint density at radius 1 is 1.53 bits per heavy atom. The van der Waals surface area contributed by atoms with E-state index in [-0.39, 0.29) is 6.61 Å². The summed E-state index contributed by atoms with van der Waals surface area (Å²) in [6.45, 7) is 2.28. The third kappa shape index (κ3) is 3.84. The number of aromatic amines is 1. The molecule has 1 aromatic rings. The van der Waals surface area contributed by atoms with Crippen LogP contribution in [0, 0.1) is 0 Å². The van der Waals surface area contributed by atoms with Crippen LogP contribution in [-0.2, 0) is 20.7 Å². The summed E-state index contributed by atoms with van der Waals surface area (Å²) in [6.07, 6.45) is 2.47. The quantitative estimate of drug-likeness (QED) is 0.552. The van der Waals surface area contributed by atoms with Crippen molar-refractivity contribution in [3.05, 3.63) is 24.0 Å². The normalized spacial score (nSPS) is 9.67. The molecule has 0 fully saturated rings. The van der Waals surface area contributed by atoms with Crippen LogP contribution >= 0.6 is 0 Å². The Bertz CT molecular complexity index is 319. The Morgan fingerprint density at radius 2 is 2.33 bits per heavy atom. The van der Waals surface area contributed by atoms with Crippen LogP contribution in [0.5, 0.6) is 0 Å². The van der Waals surface area contributed by atoms with E-state index in [2.05, 4.69) is 15.0 Å². The zero-order valence-electron chi connectivity index (χ0n) is 8.58. The summed E-state index contributed by atoms with van der Waals surface area (Å²) in [5, 5.41) is 2.47. The predicted octanol–water partition coefficient (Wildman–Crippen LogP) is 0.236. The van der Waals surface area contributed by atoms with E-state index >= 15 is 0 Å². The van der Waals surface area contributed by atoms with Crippen molar-refractivity contribution >= 4 is 11.9 Å². The SMILES string of the molecule is CCOC(=O)C(=O)NCCc1ccc[nH]1. The van der Waals surface area contributed by atoms with Gasteiger partial charge in [-0.3, -0.25) is 4.79 Å². The Kier molecular flexibility index (Phi) is 4.40. The van der Waals surface area contributed by atoms with Crippen molar-refractivity contribution < 1.29 is 14.3 Å². The molecule has 0 aliphatic rings. The summed E-state index contributed by atoms with van der Waals surface area (Å²) in [5.74, 6) is -1.52. The smallest absolute Gasteiger partial charge is 0.396 e. The van der Waals surface area contributed by atoms with Gasteiger partial charge in [0.2, 0.25) is 0 Å². The van der Waals surface area contributed by atoms with Crippen molar-refractivity contribution in [2.24, 2.45) is 0 Å². The minimum Gasteiger partial charge on any atom is -0.459 e. The Morgan fingerprint density at radius 3 is 2.93 bits per heavy atom. The number of esters is 1. The van der Waals surface area contributed by atoms with Gasteiger partial charge in [0.05, 0.1) is 6.61 Å². The molecule has 1 aromatic heterocycles. The number of ether oxygens (including phenoxy) is 1. The van der Waals surface area contributed by atoms with Gasteiger partial charge >= 0.3 is 11.9 Å². The lowest BCUT2D eigenvalue weighted by Crippen LogP contribution is -2.33. The van der Waals surface area contributed by atoms with Gasteiger partial charge in [-0.05, 0) is 19.1 Å². The van der Waals surface area contributed by atoms with Gasteiger partial charge < -0.3 is 15.0 Å². The lowest BCUT2D eigenvalue weighted by molar-refractivity contribution is -0.154. The summed E-state index contributed by atoms with van der Waals surface area (Å²) in [5.41, 5.74) is 1.01. The van der Waals surface area contributed by atoms with Crippen molar-refractivity contribution in [3.63, 3.8) is 0 Å². The van der Waals surface area contributed by atoms with Crippen LogP contribution in [0.1, 0.15) is 12.6 Å². The maximum Gasteiger partial charge on any atom is 0.396 e.